The lowest BCUT2D eigenvalue weighted by molar-refractivity contribution is -0.126. The van der Waals surface area contributed by atoms with E-state index in [0.29, 0.717) is 31.3 Å². The van der Waals surface area contributed by atoms with Gasteiger partial charge in [-0.25, -0.2) is 4.39 Å². The molecule has 2 amide bonds. The lowest BCUT2D eigenvalue weighted by atomic mass is 10.1. The lowest BCUT2D eigenvalue weighted by Crippen LogP contribution is -2.36. The number of ether oxygens (including phenoxy) is 1. The summed E-state index contributed by atoms with van der Waals surface area (Å²) in [5.74, 6) is -0.515. The Bertz CT molecular complexity index is 555. The maximum Gasteiger partial charge on any atom is 0.227 e. The molecule has 2 fully saturated rings. The molecule has 2 atom stereocenters. The first-order valence-electron chi connectivity index (χ1n) is 7.55. The predicted molar refractivity (Wildman–Crippen MR) is 78.8 cm³/mol. The summed E-state index contributed by atoms with van der Waals surface area (Å²) in [6, 6.07) is 5.75. The van der Waals surface area contributed by atoms with E-state index in [4.69, 9.17) is 4.74 Å². The Hall–Kier alpha value is -1.95. The molecule has 2 aliphatic heterocycles. The van der Waals surface area contributed by atoms with Crippen LogP contribution in [0.4, 0.5) is 10.1 Å². The largest absolute Gasteiger partial charge is 0.381 e. The molecule has 1 N–H and O–H groups in total. The third kappa shape index (κ3) is 3.27. The Morgan fingerprint density at radius 3 is 2.82 bits per heavy atom. The van der Waals surface area contributed by atoms with Crippen LogP contribution in [0.1, 0.15) is 12.8 Å². The molecule has 0 unspecified atom stereocenters. The Morgan fingerprint density at radius 2 is 2.14 bits per heavy atom. The Kier molecular flexibility index (Phi) is 4.38. The third-order valence-electron chi connectivity index (χ3n) is 4.22. The van der Waals surface area contributed by atoms with Crippen LogP contribution in [0.15, 0.2) is 24.3 Å². The quantitative estimate of drug-likeness (QED) is 0.913. The summed E-state index contributed by atoms with van der Waals surface area (Å²) in [5.41, 5.74) is 0.630. The second-order valence-corrected chi connectivity index (χ2v) is 5.86. The van der Waals surface area contributed by atoms with E-state index in [0.717, 1.165) is 13.0 Å². The summed E-state index contributed by atoms with van der Waals surface area (Å²) in [6.45, 7) is 2.38. The molecule has 1 aromatic rings. The Labute approximate surface area is 128 Å². The van der Waals surface area contributed by atoms with Crippen LogP contribution in [-0.2, 0) is 14.3 Å². The molecule has 3 rings (SSSR count). The Balaban J connectivity index is 1.56. The maximum atomic E-state index is 12.9. The van der Waals surface area contributed by atoms with Crippen LogP contribution in [0.3, 0.4) is 0 Å². The van der Waals surface area contributed by atoms with Gasteiger partial charge in [-0.1, -0.05) is 0 Å². The number of benzene rings is 1. The SMILES string of the molecule is O=C(NC[C@H]1CCOC1)[C@H]1CC(=O)N(c2ccc(F)cc2)C1. The number of amides is 2. The minimum Gasteiger partial charge on any atom is -0.381 e. The molecule has 2 saturated heterocycles. The van der Waals surface area contributed by atoms with Crippen molar-refractivity contribution in [3.05, 3.63) is 30.1 Å². The van der Waals surface area contributed by atoms with Gasteiger partial charge in [0.2, 0.25) is 11.8 Å². The second kappa shape index (κ2) is 6.44. The smallest absolute Gasteiger partial charge is 0.227 e. The monoisotopic (exact) mass is 306 g/mol. The van der Waals surface area contributed by atoms with E-state index in [1.807, 2.05) is 0 Å². The van der Waals surface area contributed by atoms with Crippen LogP contribution in [0.2, 0.25) is 0 Å². The molecule has 0 saturated carbocycles. The van der Waals surface area contributed by atoms with E-state index in [2.05, 4.69) is 5.32 Å². The van der Waals surface area contributed by atoms with E-state index in [9.17, 15) is 14.0 Å². The molecule has 0 radical (unpaired) electrons. The van der Waals surface area contributed by atoms with E-state index in [1.54, 1.807) is 17.0 Å². The first kappa shape index (κ1) is 15.0. The summed E-state index contributed by atoms with van der Waals surface area (Å²) in [6.07, 6.45) is 1.16. The van der Waals surface area contributed by atoms with Crippen molar-refractivity contribution in [3.8, 4) is 0 Å². The zero-order chi connectivity index (χ0) is 15.5. The van der Waals surface area contributed by atoms with Crippen LogP contribution < -0.4 is 10.2 Å². The van der Waals surface area contributed by atoms with Crippen molar-refractivity contribution in [1.29, 1.82) is 0 Å². The third-order valence-corrected chi connectivity index (χ3v) is 4.22. The van der Waals surface area contributed by atoms with Gasteiger partial charge in [0.05, 0.1) is 12.5 Å². The fourth-order valence-electron chi connectivity index (χ4n) is 2.89. The molecule has 5 nitrogen and oxygen atoms in total. The topological polar surface area (TPSA) is 58.6 Å². The van der Waals surface area contributed by atoms with Crippen LogP contribution in [0.5, 0.6) is 0 Å². The number of carbonyl (C=O) groups is 2. The van der Waals surface area contributed by atoms with Crippen molar-refractivity contribution in [1.82, 2.24) is 5.32 Å². The summed E-state index contributed by atoms with van der Waals surface area (Å²) in [7, 11) is 0. The van der Waals surface area contributed by atoms with Gasteiger partial charge in [-0.15, -0.1) is 0 Å². The molecule has 6 heteroatoms. The predicted octanol–water partition coefficient (Wildman–Crippen LogP) is 1.33. The van der Waals surface area contributed by atoms with Gasteiger partial charge >= 0.3 is 0 Å². The van der Waals surface area contributed by atoms with Gasteiger partial charge in [-0.05, 0) is 30.7 Å². The van der Waals surface area contributed by atoms with Crippen molar-refractivity contribution in [3.63, 3.8) is 0 Å². The molecular formula is C16H19FN2O3. The first-order valence-corrected chi connectivity index (χ1v) is 7.55. The highest BCUT2D eigenvalue weighted by atomic mass is 19.1. The standard InChI is InChI=1S/C16H19FN2O3/c17-13-1-3-14(4-2-13)19-9-12(7-15(19)20)16(21)18-8-11-5-6-22-10-11/h1-4,11-12H,5-10H2,(H,18,21)/t11-,12+/m1/s1. The van der Waals surface area contributed by atoms with Gasteiger partial charge in [0, 0.05) is 37.7 Å². The van der Waals surface area contributed by atoms with Crippen molar-refractivity contribution in [2.24, 2.45) is 11.8 Å². The molecule has 0 aliphatic carbocycles. The number of hydrogen-bond acceptors (Lipinski definition) is 3. The van der Waals surface area contributed by atoms with Gasteiger partial charge in [0.15, 0.2) is 0 Å². The maximum absolute atomic E-state index is 12.9. The van der Waals surface area contributed by atoms with Gasteiger partial charge in [-0.3, -0.25) is 9.59 Å². The van der Waals surface area contributed by atoms with Crippen LogP contribution >= 0.6 is 0 Å². The van der Waals surface area contributed by atoms with Crippen molar-refractivity contribution in [2.45, 2.75) is 12.8 Å². The van der Waals surface area contributed by atoms with E-state index >= 15 is 0 Å². The molecule has 1 aromatic carbocycles. The fraction of sp³-hybridized carbons (Fsp3) is 0.500. The number of rotatable bonds is 4. The zero-order valence-corrected chi connectivity index (χ0v) is 12.3. The highest BCUT2D eigenvalue weighted by Gasteiger charge is 2.35. The number of anilines is 1. The number of nitrogens with one attached hydrogen (secondary N) is 1. The van der Waals surface area contributed by atoms with E-state index in [1.165, 1.54) is 12.1 Å². The number of halogens is 1. The minimum atomic E-state index is -0.347. The average molecular weight is 306 g/mol. The zero-order valence-electron chi connectivity index (χ0n) is 12.3. The molecular weight excluding hydrogens is 287 g/mol. The number of hydrogen-bond donors (Lipinski definition) is 1. The highest BCUT2D eigenvalue weighted by Crippen LogP contribution is 2.25. The highest BCUT2D eigenvalue weighted by molar-refractivity contribution is 6.00. The molecule has 0 spiro atoms. The molecule has 0 aromatic heterocycles. The number of carbonyl (C=O) groups excluding carboxylic acids is 2. The van der Waals surface area contributed by atoms with Crippen molar-refractivity contribution in [2.75, 3.05) is 31.2 Å². The molecule has 0 bridgehead atoms. The Morgan fingerprint density at radius 1 is 1.36 bits per heavy atom. The van der Waals surface area contributed by atoms with Crippen molar-refractivity contribution < 1.29 is 18.7 Å². The number of nitrogens with zero attached hydrogens (tertiary/aromatic N) is 1. The molecule has 118 valence electrons. The molecule has 2 aliphatic rings. The van der Waals surface area contributed by atoms with Crippen molar-refractivity contribution >= 4 is 17.5 Å². The molecule has 2 heterocycles. The molecule has 22 heavy (non-hydrogen) atoms. The minimum absolute atomic E-state index is 0.0927. The van der Waals surface area contributed by atoms with Gasteiger partial charge in [0.25, 0.3) is 0 Å². The fourth-order valence-corrected chi connectivity index (χ4v) is 2.89. The van der Waals surface area contributed by atoms with E-state index in [-0.39, 0.29) is 30.0 Å². The lowest BCUT2D eigenvalue weighted by Gasteiger charge is -2.17. The van der Waals surface area contributed by atoms with Gasteiger partial charge in [-0.2, -0.15) is 0 Å². The average Bonchev–Trinajstić information content (AvgIpc) is 3.15. The van der Waals surface area contributed by atoms with Crippen LogP contribution in [0, 0.1) is 17.7 Å². The summed E-state index contributed by atoms with van der Waals surface area (Å²) in [4.78, 5) is 25.8. The second-order valence-electron chi connectivity index (χ2n) is 5.86. The summed E-state index contributed by atoms with van der Waals surface area (Å²) in [5, 5.41) is 2.91. The van der Waals surface area contributed by atoms with Gasteiger partial charge < -0.3 is 15.0 Å². The van der Waals surface area contributed by atoms with Crippen LogP contribution in [0.25, 0.3) is 0 Å². The first-order chi connectivity index (χ1) is 10.6. The summed E-state index contributed by atoms with van der Waals surface area (Å²) >= 11 is 0. The van der Waals surface area contributed by atoms with E-state index < -0.39 is 0 Å². The van der Waals surface area contributed by atoms with Gasteiger partial charge in [0.1, 0.15) is 5.82 Å². The normalized spacial score (nSPS) is 24.8. The van der Waals surface area contributed by atoms with Crippen LogP contribution in [-0.4, -0.2) is 38.1 Å². The summed E-state index contributed by atoms with van der Waals surface area (Å²) < 4.78 is 18.2.